The van der Waals surface area contributed by atoms with Gasteiger partial charge in [-0.15, -0.1) is 11.8 Å². The number of allylic oxidation sites excluding steroid dienone is 1. The fraction of sp³-hybridized carbons (Fsp3) is 0.564. The lowest BCUT2D eigenvalue weighted by molar-refractivity contribution is -0.140. The highest BCUT2D eigenvalue weighted by atomic mass is 35.5. The summed E-state index contributed by atoms with van der Waals surface area (Å²) in [5.41, 5.74) is 6.58. The molecule has 13 heteroatoms. The fourth-order valence-corrected chi connectivity index (χ4v) is 7.50. The number of nitrogens with zero attached hydrogens (tertiary/aromatic N) is 2. The van der Waals surface area contributed by atoms with Crippen LogP contribution in [-0.2, 0) is 16.1 Å². The molecule has 0 aromatic heterocycles. The van der Waals surface area contributed by atoms with Crippen LogP contribution in [0.1, 0.15) is 82.3 Å². The third-order valence-electron chi connectivity index (χ3n) is 9.57. The van der Waals surface area contributed by atoms with Crippen molar-refractivity contribution in [3.05, 3.63) is 64.7 Å². The van der Waals surface area contributed by atoms with Gasteiger partial charge in [0.15, 0.2) is 0 Å². The molecule has 2 unspecified atom stereocenters. The molecule has 2 aliphatic carbocycles. The van der Waals surface area contributed by atoms with Gasteiger partial charge >= 0.3 is 6.09 Å². The van der Waals surface area contributed by atoms with E-state index in [1.807, 2.05) is 24.4 Å². The summed E-state index contributed by atoms with van der Waals surface area (Å²) in [6.07, 6.45) is 10.6. The second kappa shape index (κ2) is 20.2. The molecule has 0 saturated heterocycles. The van der Waals surface area contributed by atoms with Crippen LogP contribution in [0, 0.1) is 0 Å². The summed E-state index contributed by atoms with van der Waals surface area (Å²) in [5.74, 6) is 1.49. The lowest BCUT2D eigenvalue weighted by Crippen LogP contribution is -2.50. The minimum Gasteiger partial charge on any atom is -0.490 e. The van der Waals surface area contributed by atoms with Crippen molar-refractivity contribution >= 4 is 47.2 Å². The Balaban J connectivity index is 1.11. The zero-order chi connectivity index (χ0) is 36.8. The van der Waals surface area contributed by atoms with E-state index in [2.05, 4.69) is 51.5 Å². The molecule has 3 aliphatic rings. The van der Waals surface area contributed by atoms with Gasteiger partial charge in [0.05, 0.1) is 18.8 Å². The van der Waals surface area contributed by atoms with Gasteiger partial charge < -0.3 is 40.6 Å². The summed E-state index contributed by atoms with van der Waals surface area (Å²) in [7, 11) is 0. The van der Waals surface area contributed by atoms with Crippen LogP contribution in [0.15, 0.2) is 58.5 Å². The van der Waals surface area contributed by atoms with Crippen molar-refractivity contribution in [3.8, 4) is 5.75 Å². The molecule has 2 amide bonds. The summed E-state index contributed by atoms with van der Waals surface area (Å²) in [5, 5.41) is 31.3. The Kier molecular flexibility index (Phi) is 15.5. The number of amides is 2. The van der Waals surface area contributed by atoms with E-state index in [1.165, 1.54) is 5.57 Å². The van der Waals surface area contributed by atoms with Gasteiger partial charge in [0.25, 0.3) is 5.91 Å². The highest BCUT2D eigenvalue weighted by Crippen LogP contribution is 2.46. The van der Waals surface area contributed by atoms with Crippen molar-refractivity contribution in [2.75, 3.05) is 38.6 Å². The molecule has 11 nitrogen and oxygen atoms in total. The minimum atomic E-state index is -1.10. The number of hydrogen-bond acceptors (Lipinski definition) is 10. The summed E-state index contributed by atoms with van der Waals surface area (Å²) in [6, 6.07) is 14.5. The summed E-state index contributed by atoms with van der Waals surface area (Å²) in [4.78, 5) is 27.5. The van der Waals surface area contributed by atoms with E-state index in [9.17, 15) is 14.7 Å². The number of nitrogens with one attached hydrogen (secondary N) is 3. The van der Waals surface area contributed by atoms with Gasteiger partial charge in [-0.25, -0.2) is 4.79 Å². The van der Waals surface area contributed by atoms with Crippen LogP contribution in [0.25, 0.3) is 5.57 Å². The molecule has 5 rings (SSSR count). The first-order valence-corrected chi connectivity index (χ1v) is 20.1. The molecule has 1 heterocycles. The van der Waals surface area contributed by atoms with E-state index >= 15 is 0 Å². The third-order valence-corrected chi connectivity index (χ3v) is 11.0. The van der Waals surface area contributed by atoms with Gasteiger partial charge in [0.2, 0.25) is 0 Å². The summed E-state index contributed by atoms with van der Waals surface area (Å²) >= 11 is 8.47. The first-order valence-electron chi connectivity index (χ1n) is 18.7. The Morgan fingerprint density at radius 3 is 2.69 bits per heavy atom. The van der Waals surface area contributed by atoms with Crippen LogP contribution in [0.4, 0.5) is 4.79 Å². The number of aliphatic hydroxyl groups is 2. The average molecular weight is 756 g/mol. The SMILES string of the molecule is CCOC(=O)NCCCN(CCCCSc1ccc(Cl)c(CNC2(C3NN=CC=C3c3ccccc3OC3CC3)CC2)c1)C(=O)C(O)CCCCO. The zero-order valence-electron chi connectivity index (χ0n) is 30.2. The predicted octanol–water partition coefficient (Wildman–Crippen LogP) is 5.91. The van der Waals surface area contributed by atoms with Gasteiger partial charge in [0.1, 0.15) is 11.9 Å². The molecule has 0 spiro atoms. The zero-order valence-corrected chi connectivity index (χ0v) is 31.7. The first-order chi connectivity index (χ1) is 25.3. The molecule has 2 fully saturated rings. The number of alkyl carbamates (subject to hydrolysis) is 1. The lowest BCUT2D eigenvalue weighted by Gasteiger charge is -2.32. The number of hydrogen-bond donors (Lipinski definition) is 5. The van der Waals surface area contributed by atoms with Crippen LogP contribution in [-0.4, -0.2) is 95.7 Å². The predicted molar refractivity (Wildman–Crippen MR) is 207 cm³/mol. The second-order valence-electron chi connectivity index (χ2n) is 13.7. The van der Waals surface area contributed by atoms with Gasteiger partial charge in [-0.2, -0.15) is 5.10 Å². The monoisotopic (exact) mass is 755 g/mol. The Labute approximate surface area is 316 Å². The second-order valence-corrected chi connectivity index (χ2v) is 15.2. The smallest absolute Gasteiger partial charge is 0.407 e. The van der Waals surface area contributed by atoms with E-state index in [-0.39, 0.29) is 24.1 Å². The largest absolute Gasteiger partial charge is 0.490 e. The Morgan fingerprint density at radius 1 is 1.12 bits per heavy atom. The van der Waals surface area contributed by atoms with Crippen LogP contribution in [0.2, 0.25) is 5.02 Å². The topological polar surface area (TPSA) is 145 Å². The normalized spacial score (nSPS) is 17.8. The van der Waals surface area contributed by atoms with E-state index in [0.717, 1.165) is 71.1 Å². The van der Waals surface area contributed by atoms with E-state index in [1.54, 1.807) is 23.6 Å². The summed E-state index contributed by atoms with van der Waals surface area (Å²) in [6.45, 7) is 4.02. The van der Waals surface area contributed by atoms with E-state index in [0.29, 0.717) is 64.6 Å². The minimum absolute atomic E-state index is 0.000263. The Hall–Kier alpha value is -3.29. The highest BCUT2D eigenvalue weighted by molar-refractivity contribution is 7.99. The van der Waals surface area contributed by atoms with Crippen molar-refractivity contribution in [1.82, 2.24) is 21.0 Å². The fourth-order valence-electron chi connectivity index (χ4n) is 6.34. The van der Waals surface area contributed by atoms with Gasteiger partial charge in [0, 0.05) is 60.0 Å². The molecule has 0 bridgehead atoms. The molecule has 5 N–H and O–H groups in total. The van der Waals surface area contributed by atoms with E-state index in [4.69, 9.17) is 26.2 Å². The number of carbonyl (C=O) groups excluding carboxylic acids is 2. The van der Waals surface area contributed by atoms with Crippen LogP contribution < -0.4 is 20.8 Å². The lowest BCUT2D eigenvalue weighted by atomic mass is 9.90. The molecule has 2 aromatic rings. The van der Waals surface area contributed by atoms with Crippen molar-refractivity contribution in [3.63, 3.8) is 0 Å². The van der Waals surface area contributed by atoms with Gasteiger partial charge in [-0.3, -0.25) is 4.79 Å². The van der Waals surface area contributed by atoms with Crippen molar-refractivity contribution in [2.24, 2.45) is 5.10 Å². The van der Waals surface area contributed by atoms with E-state index < -0.39 is 12.2 Å². The first kappa shape index (κ1) is 39.9. The number of unbranched alkanes of at least 4 members (excludes halogenated alkanes) is 2. The van der Waals surface area contributed by atoms with Gasteiger partial charge in [-0.1, -0.05) is 29.8 Å². The molecular formula is C39H54ClN5O6S. The van der Waals surface area contributed by atoms with Gasteiger partial charge in [-0.05, 0) is 118 Å². The quantitative estimate of drug-likeness (QED) is 0.0692. The maximum absolute atomic E-state index is 13.1. The number of benzene rings is 2. The number of para-hydroxylation sites is 1. The molecule has 52 heavy (non-hydrogen) atoms. The standard InChI is InChI=1S/C39H54ClN5O6S/c1-2-50-38(49)41-20-9-23-45(37(48)34(47)11-5-7-24-46)22-6-8-25-52-30-15-16-33(40)28(26-30)27-42-39(18-19-39)36-32(17-21-43-44-36)31-10-3-4-12-35(31)51-29-13-14-29/h3-4,10,12,15-17,21,26,29,34,36,42,44,46-47H,2,5-9,11,13-14,18-20,22-25,27H2,1H3,(H,41,49). The molecule has 1 aliphatic heterocycles. The number of carbonyl (C=O) groups is 2. The van der Waals surface area contributed by atoms with Crippen LogP contribution in [0.3, 0.4) is 0 Å². The maximum atomic E-state index is 13.1. The van der Waals surface area contributed by atoms with Crippen molar-refractivity contribution < 1.29 is 29.3 Å². The maximum Gasteiger partial charge on any atom is 0.407 e. The number of halogens is 1. The molecule has 2 aromatic carbocycles. The van der Waals surface area contributed by atoms with Crippen LogP contribution >= 0.6 is 23.4 Å². The molecule has 0 radical (unpaired) electrons. The molecule has 2 saturated carbocycles. The number of thioether (sulfide) groups is 1. The average Bonchev–Trinajstić information content (AvgIpc) is 4.10. The summed E-state index contributed by atoms with van der Waals surface area (Å²) < 4.78 is 11.2. The molecule has 284 valence electrons. The number of hydrazone groups is 1. The number of aliphatic hydroxyl groups excluding tert-OH is 2. The molecular weight excluding hydrogens is 702 g/mol. The third kappa shape index (κ3) is 11.9. The van der Waals surface area contributed by atoms with Crippen LogP contribution in [0.5, 0.6) is 5.75 Å². The number of ether oxygens (including phenoxy) is 2. The molecule has 2 atom stereocenters. The van der Waals surface area contributed by atoms with Crippen molar-refractivity contribution in [1.29, 1.82) is 0 Å². The highest BCUT2D eigenvalue weighted by Gasteiger charge is 2.51. The Morgan fingerprint density at radius 2 is 1.92 bits per heavy atom. The Bertz CT molecular complexity index is 1530. The van der Waals surface area contributed by atoms with Crippen molar-refractivity contribution in [2.45, 2.75) is 106 Å². The number of rotatable bonds is 23.